The molecule has 4 aromatic rings. The van der Waals surface area contributed by atoms with Gasteiger partial charge in [-0.1, -0.05) is 31.2 Å². The van der Waals surface area contributed by atoms with Crippen LogP contribution < -0.4 is 15.8 Å². The summed E-state index contributed by atoms with van der Waals surface area (Å²) in [5.41, 5.74) is 8.51. The van der Waals surface area contributed by atoms with Crippen LogP contribution in [0.15, 0.2) is 48.8 Å². The minimum Gasteiger partial charge on any atom is -0.496 e. The first-order valence-electron chi connectivity index (χ1n) is 13.4. The van der Waals surface area contributed by atoms with Gasteiger partial charge in [0.2, 0.25) is 0 Å². The third kappa shape index (κ3) is 5.19. The lowest BCUT2D eigenvalue weighted by Crippen LogP contribution is -2.40. The first-order valence-corrected chi connectivity index (χ1v) is 13.4. The molecule has 11 heteroatoms. The van der Waals surface area contributed by atoms with Crippen LogP contribution in [0.25, 0.3) is 16.8 Å². The molecule has 1 fully saturated rings. The Balaban J connectivity index is 1.39. The maximum Gasteiger partial charge on any atom is 0.311 e. The van der Waals surface area contributed by atoms with Gasteiger partial charge in [-0.3, -0.25) is 9.59 Å². The highest BCUT2D eigenvalue weighted by atomic mass is 19.1. The zero-order valence-corrected chi connectivity index (χ0v) is 23.5. The summed E-state index contributed by atoms with van der Waals surface area (Å²) in [5.74, 6) is 0.227. The first-order chi connectivity index (χ1) is 19.6. The molecule has 0 atom stereocenters. The van der Waals surface area contributed by atoms with Crippen LogP contribution in [0.1, 0.15) is 61.3 Å². The SMILES string of the molecule is COC(=O)C1(C)CCC(C)(c2nc(-c3ccc(CNC(=O)c4cc(F)ccc4OC)cc3)c3c(N)ncnn23)CC1. The lowest BCUT2D eigenvalue weighted by Gasteiger charge is -2.40. The molecule has 5 rings (SSSR count). The Kier molecular flexibility index (Phi) is 7.37. The highest BCUT2D eigenvalue weighted by molar-refractivity contribution is 5.97. The number of nitrogen functional groups attached to an aromatic ring is 1. The number of esters is 1. The maximum absolute atomic E-state index is 13.7. The van der Waals surface area contributed by atoms with Crippen LogP contribution >= 0.6 is 0 Å². The molecule has 1 amide bonds. The number of amides is 1. The van der Waals surface area contributed by atoms with Crippen LogP contribution in [-0.4, -0.2) is 45.7 Å². The number of hydrogen-bond acceptors (Lipinski definition) is 8. The average molecular weight is 561 g/mol. The van der Waals surface area contributed by atoms with Gasteiger partial charge in [-0.25, -0.2) is 18.9 Å². The Hall–Kier alpha value is -4.54. The van der Waals surface area contributed by atoms with E-state index in [2.05, 4.69) is 22.3 Å². The van der Waals surface area contributed by atoms with E-state index in [9.17, 15) is 14.0 Å². The van der Waals surface area contributed by atoms with Crippen molar-refractivity contribution in [1.29, 1.82) is 0 Å². The van der Waals surface area contributed by atoms with Crippen molar-refractivity contribution in [3.8, 4) is 17.0 Å². The number of aromatic nitrogens is 4. The molecule has 0 aliphatic heterocycles. The molecule has 2 aromatic carbocycles. The van der Waals surface area contributed by atoms with Crippen molar-refractivity contribution in [2.75, 3.05) is 20.0 Å². The Morgan fingerprint density at radius 3 is 2.44 bits per heavy atom. The van der Waals surface area contributed by atoms with Crippen molar-refractivity contribution in [2.24, 2.45) is 5.41 Å². The number of carbonyl (C=O) groups is 2. The molecule has 0 unspecified atom stereocenters. The highest BCUT2D eigenvalue weighted by Gasteiger charge is 2.45. The number of carbonyl (C=O) groups excluding carboxylic acids is 2. The lowest BCUT2D eigenvalue weighted by atomic mass is 9.65. The zero-order valence-electron chi connectivity index (χ0n) is 23.5. The molecule has 2 aromatic heterocycles. The summed E-state index contributed by atoms with van der Waals surface area (Å²) in [7, 11) is 2.86. The predicted octanol–water partition coefficient (Wildman–Crippen LogP) is 4.46. The quantitative estimate of drug-likeness (QED) is 0.317. The molecule has 214 valence electrons. The minimum atomic E-state index is -0.525. The van der Waals surface area contributed by atoms with Crippen LogP contribution in [-0.2, 0) is 21.5 Å². The third-order valence-corrected chi connectivity index (χ3v) is 8.22. The normalized spacial score (nSPS) is 20.5. The number of methoxy groups -OCH3 is 2. The summed E-state index contributed by atoms with van der Waals surface area (Å²) >= 11 is 0. The van der Waals surface area contributed by atoms with E-state index in [0.29, 0.717) is 35.6 Å². The van der Waals surface area contributed by atoms with Crippen molar-refractivity contribution < 1.29 is 23.5 Å². The second-order valence-corrected chi connectivity index (χ2v) is 11.0. The third-order valence-electron chi connectivity index (χ3n) is 8.22. The van der Waals surface area contributed by atoms with Crippen molar-refractivity contribution in [3.05, 3.63) is 71.6 Å². The van der Waals surface area contributed by atoms with E-state index in [1.807, 2.05) is 31.2 Å². The van der Waals surface area contributed by atoms with Gasteiger partial charge in [0.15, 0.2) is 5.82 Å². The highest BCUT2D eigenvalue weighted by Crippen LogP contribution is 2.47. The van der Waals surface area contributed by atoms with Gasteiger partial charge in [-0.15, -0.1) is 0 Å². The number of rotatable bonds is 7. The monoisotopic (exact) mass is 560 g/mol. The van der Waals surface area contributed by atoms with Gasteiger partial charge in [0.05, 0.1) is 25.2 Å². The second-order valence-electron chi connectivity index (χ2n) is 11.0. The van der Waals surface area contributed by atoms with Crippen LogP contribution in [0.2, 0.25) is 0 Å². The van der Waals surface area contributed by atoms with Crippen molar-refractivity contribution in [2.45, 2.75) is 51.5 Å². The summed E-state index contributed by atoms with van der Waals surface area (Å²) in [4.78, 5) is 34.3. The molecule has 1 aliphatic rings. The fourth-order valence-corrected chi connectivity index (χ4v) is 5.49. The number of nitrogens with zero attached hydrogens (tertiary/aromatic N) is 4. The van der Waals surface area contributed by atoms with Gasteiger partial charge in [0.25, 0.3) is 5.91 Å². The molecule has 0 bridgehead atoms. The first kappa shape index (κ1) is 28.0. The van der Waals surface area contributed by atoms with E-state index in [1.165, 1.54) is 32.7 Å². The van der Waals surface area contributed by atoms with Gasteiger partial charge >= 0.3 is 5.97 Å². The van der Waals surface area contributed by atoms with E-state index in [1.54, 1.807) is 4.52 Å². The Morgan fingerprint density at radius 1 is 1.07 bits per heavy atom. The van der Waals surface area contributed by atoms with E-state index >= 15 is 0 Å². The standard InChI is InChI=1S/C30H33FN6O4/c1-29(11-13-30(2,14-12-29)28(39)41-4)27-36-23(24-25(32)34-17-35-37(24)27)19-7-5-18(6-8-19)16-33-26(38)21-15-20(31)9-10-22(21)40-3/h5-10,15,17H,11-14,16H2,1-4H3,(H,33,38)(H2,32,34,35). The average Bonchev–Trinajstić information content (AvgIpc) is 3.39. The molecule has 0 saturated heterocycles. The molecule has 2 heterocycles. The van der Waals surface area contributed by atoms with Crippen LogP contribution in [0, 0.1) is 11.2 Å². The number of nitrogens with one attached hydrogen (secondary N) is 1. The summed E-state index contributed by atoms with van der Waals surface area (Å²) < 4.78 is 25.7. The molecule has 1 saturated carbocycles. The molecule has 1 aliphatic carbocycles. The number of hydrogen-bond donors (Lipinski definition) is 2. The summed E-state index contributed by atoms with van der Waals surface area (Å²) in [5, 5.41) is 7.31. The number of fused-ring (bicyclic) bond motifs is 1. The zero-order chi connectivity index (χ0) is 29.4. The Bertz CT molecular complexity index is 1610. The Morgan fingerprint density at radius 2 is 1.78 bits per heavy atom. The van der Waals surface area contributed by atoms with Gasteiger partial charge in [0, 0.05) is 17.5 Å². The minimum absolute atomic E-state index is 0.125. The number of anilines is 1. The lowest BCUT2D eigenvalue weighted by molar-refractivity contribution is -0.154. The number of benzene rings is 2. The van der Waals surface area contributed by atoms with Gasteiger partial charge in [0.1, 0.15) is 34.9 Å². The Labute approximate surface area is 237 Å². The molecule has 41 heavy (non-hydrogen) atoms. The topological polar surface area (TPSA) is 134 Å². The number of ether oxygens (including phenoxy) is 2. The fraction of sp³-hybridized carbons (Fsp3) is 0.367. The fourth-order valence-electron chi connectivity index (χ4n) is 5.49. The van der Waals surface area contributed by atoms with Crippen LogP contribution in [0.5, 0.6) is 5.75 Å². The van der Waals surface area contributed by atoms with Crippen molar-refractivity contribution in [1.82, 2.24) is 24.9 Å². The molecular weight excluding hydrogens is 527 g/mol. The van der Waals surface area contributed by atoms with Crippen LogP contribution in [0.4, 0.5) is 10.2 Å². The number of nitrogens with two attached hydrogens (primary N) is 1. The largest absolute Gasteiger partial charge is 0.496 e. The smallest absolute Gasteiger partial charge is 0.311 e. The molecule has 0 spiro atoms. The van der Waals surface area contributed by atoms with E-state index in [4.69, 9.17) is 20.2 Å². The summed E-state index contributed by atoms with van der Waals surface area (Å²) in [6.45, 7) is 4.32. The van der Waals surface area contributed by atoms with Gasteiger partial charge < -0.3 is 20.5 Å². The van der Waals surface area contributed by atoms with E-state index in [0.717, 1.165) is 35.9 Å². The predicted molar refractivity (Wildman–Crippen MR) is 151 cm³/mol. The maximum atomic E-state index is 13.7. The van der Waals surface area contributed by atoms with E-state index < -0.39 is 17.1 Å². The van der Waals surface area contributed by atoms with Crippen molar-refractivity contribution >= 4 is 23.2 Å². The molecular formula is C30H33FN6O4. The number of imidazole rings is 1. The summed E-state index contributed by atoms with van der Waals surface area (Å²) in [6.07, 6.45) is 4.22. The van der Waals surface area contributed by atoms with Crippen LogP contribution in [0.3, 0.4) is 0 Å². The van der Waals surface area contributed by atoms with Gasteiger partial charge in [-0.2, -0.15) is 5.10 Å². The van der Waals surface area contributed by atoms with E-state index in [-0.39, 0.29) is 23.5 Å². The van der Waals surface area contributed by atoms with Gasteiger partial charge in [-0.05, 0) is 56.4 Å². The molecule has 3 N–H and O–H groups in total. The molecule has 0 radical (unpaired) electrons. The molecule has 10 nitrogen and oxygen atoms in total. The van der Waals surface area contributed by atoms with Crippen molar-refractivity contribution in [3.63, 3.8) is 0 Å². The second kappa shape index (κ2) is 10.8. The number of halogens is 1. The summed E-state index contributed by atoms with van der Waals surface area (Å²) in [6, 6.07) is 11.4.